The Morgan fingerprint density at radius 1 is 1.25 bits per heavy atom. The number of carbonyl (C=O) groups excluding carboxylic acids is 1. The molecule has 1 fully saturated rings. The topological polar surface area (TPSA) is 32.3 Å². The second-order valence-electron chi connectivity index (χ2n) is 4.73. The van der Waals surface area contributed by atoms with E-state index in [4.69, 9.17) is 0 Å². The van der Waals surface area contributed by atoms with E-state index in [1.165, 1.54) is 12.8 Å². The quantitative estimate of drug-likeness (QED) is 0.753. The first-order chi connectivity index (χ1) is 7.77. The fourth-order valence-corrected chi connectivity index (χ4v) is 2.34. The maximum atomic E-state index is 12.1. The highest BCUT2D eigenvalue weighted by Crippen LogP contribution is 2.11. The normalized spacial score (nSPS) is 20.8. The first kappa shape index (κ1) is 13.5. The van der Waals surface area contributed by atoms with E-state index in [-0.39, 0.29) is 0 Å². The Balaban J connectivity index is 2.34. The molecule has 1 saturated heterocycles. The summed E-state index contributed by atoms with van der Waals surface area (Å²) in [5.41, 5.74) is 0. The molecule has 1 amide bonds. The Morgan fingerprint density at radius 2 is 1.94 bits per heavy atom. The predicted octanol–water partition coefficient (Wildman–Crippen LogP) is 2.17. The molecule has 0 bridgehead atoms. The second-order valence-corrected chi connectivity index (χ2v) is 4.73. The average Bonchev–Trinajstić information content (AvgIpc) is 2.30. The third kappa shape index (κ3) is 4.52. The maximum Gasteiger partial charge on any atom is 0.224 e. The Hall–Kier alpha value is -0.570. The van der Waals surface area contributed by atoms with Crippen LogP contribution in [0.3, 0.4) is 0 Å². The molecule has 0 radical (unpaired) electrons. The van der Waals surface area contributed by atoms with E-state index < -0.39 is 0 Å². The number of nitrogens with zero attached hydrogens (tertiary/aromatic N) is 1. The van der Waals surface area contributed by atoms with Crippen LogP contribution >= 0.6 is 0 Å². The van der Waals surface area contributed by atoms with Gasteiger partial charge in [-0.15, -0.1) is 0 Å². The molecule has 1 heterocycles. The number of hydrogen-bond acceptors (Lipinski definition) is 2. The summed E-state index contributed by atoms with van der Waals surface area (Å²) >= 11 is 0. The number of carbonyl (C=O) groups is 1. The van der Waals surface area contributed by atoms with Gasteiger partial charge in [-0.2, -0.15) is 0 Å². The van der Waals surface area contributed by atoms with Crippen LogP contribution in [-0.2, 0) is 4.79 Å². The SMILES string of the molecule is CCCN(CCC)C(=O)CC1CCCCN1. The lowest BCUT2D eigenvalue weighted by Crippen LogP contribution is -2.41. The van der Waals surface area contributed by atoms with Crippen molar-refractivity contribution in [3.05, 3.63) is 0 Å². The van der Waals surface area contributed by atoms with Crippen LogP contribution in [-0.4, -0.2) is 36.5 Å². The summed E-state index contributed by atoms with van der Waals surface area (Å²) in [6.45, 7) is 7.18. The Morgan fingerprint density at radius 3 is 2.44 bits per heavy atom. The van der Waals surface area contributed by atoms with Gasteiger partial charge in [0.1, 0.15) is 0 Å². The van der Waals surface area contributed by atoms with Crippen molar-refractivity contribution in [1.82, 2.24) is 10.2 Å². The molecule has 94 valence electrons. The van der Waals surface area contributed by atoms with Gasteiger partial charge in [0.25, 0.3) is 0 Å². The van der Waals surface area contributed by atoms with Crippen LogP contribution in [0.25, 0.3) is 0 Å². The van der Waals surface area contributed by atoms with Crippen molar-refractivity contribution in [2.75, 3.05) is 19.6 Å². The molecule has 1 aliphatic rings. The van der Waals surface area contributed by atoms with E-state index in [9.17, 15) is 4.79 Å². The van der Waals surface area contributed by atoms with Crippen LogP contribution in [0, 0.1) is 0 Å². The van der Waals surface area contributed by atoms with E-state index >= 15 is 0 Å². The highest BCUT2D eigenvalue weighted by Gasteiger charge is 2.19. The minimum absolute atomic E-state index is 0.336. The predicted molar refractivity (Wildman–Crippen MR) is 67.4 cm³/mol. The summed E-state index contributed by atoms with van der Waals surface area (Å²) in [7, 11) is 0. The maximum absolute atomic E-state index is 12.1. The van der Waals surface area contributed by atoms with Crippen LogP contribution in [0.1, 0.15) is 52.4 Å². The van der Waals surface area contributed by atoms with Gasteiger partial charge in [-0.1, -0.05) is 20.3 Å². The summed E-state index contributed by atoms with van der Waals surface area (Å²) in [5.74, 6) is 0.336. The molecule has 3 heteroatoms. The molecule has 0 aromatic heterocycles. The molecule has 0 aromatic rings. The summed E-state index contributed by atoms with van der Waals surface area (Å²) in [6, 6.07) is 0.428. The number of hydrogen-bond donors (Lipinski definition) is 1. The van der Waals surface area contributed by atoms with Gasteiger partial charge in [-0.3, -0.25) is 4.79 Å². The summed E-state index contributed by atoms with van der Waals surface area (Å²) < 4.78 is 0. The molecular weight excluding hydrogens is 200 g/mol. The van der Waals surface area contributed by atoms with Crippen molar-refractivity contribution in [3.8, 4) is 0 Å². The van der Waals surface area contributed by atoms with Gasteiger partial charge in [-0.25, -0.2) is 0 Å². The lowest BCUT2D eigenvalue weighted by molar-refractivity contribution is -0.132. The van der Waals surface area contributed by atoms with Crippen molar-refractivity contribution in [2.24, 2.45) is 0 Å². The van der Waals surface area contributed by atoms with Gasteiger partial charge in [-0.05, 0) is 32.2 Å². The van der Waals surface area contributed by atoms with Crippen LogP contribution in [0.15, 0.2) is 0 Å². The third-order valence-corrected chi connectivity index (χ3v) is 3.17. The van der Waals surface area contributed by atoms with Crippen molar-refractivity contribution >= 4 is 5.91 Å². The van der Waals surface area contributed by atoms with Crippen molar-refractivity contribution in [1.29, 1.82) is 0 Å². The van der Waals surface area contributed by atoms with Crippen LogP contribution in [0.4, 0.5) is 0 Å². The summed E-state index contributed by atoms with van der Waals surface area (Å²) in [5, 5.41) is 3.44. The van der Waals surface area contributed by atoms with Crippen LogP contribution < -0.4 is 5.32 Å². The van der Waals surface area contributed by atoms with Gasteiger partial charge >= 0.3 is 0 Å². The van der Waals surface area contributed by atoms with Gasteiger partial charge in [0.2, 0.25) is 5.91 Å². The summed E-state index contributed by atoms with van der Waals surface area (Å²) in [4.78, 5) is 14.1. The molecule has 0 aliphatic carbocycles. The van der Waals surface area contributed by atoms with Crippen molar-refractivity contribution in [2.45, 2.75) is 58.4 Å². The lowest BCUT2D eigenvalue weighted by Gasteiger charge is -2.27. The average molecular weight is 226 g/mol. The molecule has 3 nitrogen and oxygen atoms in total. The Bertz CT molecular complexity index is 194. The standard InChI is InChI=1S/C13H26N2O/c1-3-9-15(10-4-2)13(16)11-12-7-5-6-8-14-12/h12,14H,3-11H2,1-2H3. The van der Waals surface area contributed by atoms with E-state index in [1.54, 1.807) is 0 Å². The highest BCUT2D eigenvalue weighted by atomic mass is 16.2. The number of rotatable bonds is 6. The first-order valence-corrected chi connectivity index (χ1v) is 6.79. The zero-order chi connectivity index (χ0) is 11.8. The smallest absolute Gasteiger partial charge is 0.224 e. The summed E-state index contributed by atoms with van der Waals surface area (Å²) in [6.07, 6.45) is 6.51. The molecule has 0 spiro atoms. The molecular formula is C13H26N2O. The number of piperidine rings is 1. The zero-order valence-corrected chi connectivity index (χ0v) is 10.8. The molecule has 1 aliphatic heterocycles. The Kier molecular flexibility index (Phi) is 6.46. The van der Waals surface area contributed by atoms with Gasteiger partial charge < -0.3 is 10.2 Å². The number of amides is 1. The van der Waals surface area contributed by atoms with E-state index in [0.717, 1.165) is 38.9 Å². The fourth-order valence-electron chi connectivity index (χ4n) is 2.34. The van der Waals surface area contributed by atoms with Crippen molar-refractivity contribution < 1.29 is 4.79 Å². The molecule has 1 unspecified atom stereocenters. The van der Waals surface area contributed by atoms with Gasteiger partial charge in [0, 0.05) is 25.6 Å². The van der Waals surface area contributed by atoms with E-state index in [2.05, 4.69) is 19.2 Å². The second kappa shape index (κ2) is 7.66. The highest BCUT2D eigenvalue weighted by molar-refractivity contribution is 5.76. The van der Waals surface area contributed by atoms with Crippen LogP contribution in [0.2, 0.25) is 0 Å². The molecule has 0 aromatic carbocycles. The van der Waals surface area contributed by atoms with Crippen molar-refractivity contribution in [3.63, 3.8) is 0 Å². The van der Waals surface area contributed by atoms with Crippen LogP contribution in [0.5, 0.6) is 0 Å². The minimum Gasteiger partial charge on any atom is -0.343 e. The van der Waals surface area contributed by atoms with E-state index in [1.807, 2.05) is 4.90 Å². The monoisotopic (exact) mass is 226 g/mol. The molecule has 0 saturated carbocycles. The Labute approximate surface area is 99.6 Å². The first-order valence-electron chi connectivity index (χ1n) is 6.79. The van der Waals surface area contributed by atoms with E-state index in [0.29, 0.717) is 18.4 Å². The largest absolute Gasteiger partial charge is 0.343 e. The number of nitrogens with one attached hydrogen (secondary N) is 1. The molecule has 1 N–H and O–H groups in total. The minimum atomic E-state index is 0.336. The third-order valence-electron chi connectivity index (χ3n) is 3.17. The molecule has 1 rings (SSSR count). The molecule has 1 atom stereocenters. The van der Waals surface area contributed by atoms with Gasteiger partial charge in [0.15, 0.2) is 0 Å². The fraction of sp³-hybridized carbons (Fsp3) is 0.923. The lowest BCUT2D eigenvalue weighted by atomic mass is 10.0. The zero-order valence-electron chi connectivity index (χ0n) is 10.8. The molecule has 16 heavy (non-hydrogen) atoms. The van der Waals surface area contributed by atoms with Gasteiger partial charge in [0.05, 0.1) is 0 Å².